The Morgan fingerprint density at radius 3 is 2.64 bits per heavy atom. The van der Waals surface area contributed by atoms with Crippen molar-refractivity contribution in [2.24, 2.45) is 0 Å². The molecule has 0 aliphatic rings. The van der Waals surface area contributed by atoms with Crippen molar-refractivity contribution in [3.05, 3.63) is 12.1 Å². The molecule has 0 fully saturated rings. The quantitative estimate of drug-likeness (QED) is 0.794. The van der Waals surface area contributed by atoms with Crippen LogP contribution in [0, 0.1) is 0 Å². The highest BCUT2D eigenvalue weighted by atomic mass is 32.2. The standard InChI is InChI=1S/C8H12N2O3S/c1-3-13-7-5-4-6(9)8(10-7)14(2,11)12/h4-5H,3,9H2,1-2H3. The zero-order valence-corrected chi connectivity index (χ0v) is 8.84. The topological polar surface area (TPSA) is 82.3 Å². The van der Waals surface area contributed by atoms with Crippen LogP contribution in [-0.2, 0) is 9.84 Å². The van der Waals surface area contributed by atoms with Gasteiger partial charge in [-0.3, -0.25) is 0 Å². The van der Waals surface area contributed by atoms with Gasteiger partial charge in [0.15, 0.2) is 14.9 Å². The summed E-state index contributed by atoms with van der Waals surface area (Å²) < 4.78 is 27.5. The van der Waals surface area contributed by atoms with Crippen LogP contribution in [0.15, 0.2) is 17.2 Å². The van der Waals surface area contributed by atoms with Crippen molar-refractivity contribution in [2.45, 2.75) is 11.9 Å². The summed E-state index contributed by atoms with van der Waals surface area (Å²) in [5, 5.41) is -0.136. The minimum Gasteiger partial charge on any atom is -0.478 e. The fourth-order valence-electron chi connectivity index (χ4n) is 0.960. The van der Waals surface area contributed by atoms with Crippen LogP contribution >= 0.6 is 0 Å². The Hall–Kier alpha value is -1.30. The lowest BCUT2D eigenvalue weighted by atomic mass is 10.4. The summed E-state index contributed by atoms with van der Waals surface area (Å²) in [7, 11) is -3.39. The molecule has 0 aliphatic heterocycles. The summed E-state index contributed by atoms with van der Waals surface area (Å²) in [5.41, 5.74) is 5.61. The largest absolute Gasteiger partial charge is 0.478 e. The first-order chi connectivity index (χ1) is 6.45. The van der Waals surface area contributed by atoms with Gasteiger partial charge in [-0.15, -0.1) is 0 Å². The lowest BCUT2D eigenvalue weighted by molar-refractivity contribution is 0.324. The van der Waals surface area contributed by atoms with E-state index in [0.29, 0.717) is 6.61 Å². The van der Waals surface area contributed by atoms with Crippen LogP contribution in [-0.4, -0.2) is 26.3 Å². The second kappa shape index (κ2) is 3.83. The van der Waals surface area contributed by atoms with Crippen molar-refractivity contribution in [3.63, 3.8) is 0 Å². The Labute approximate surface area is 82.8 Å². The van der Waals surface area contributed by atoms with Gasteiger partial charge in [0.05, 0.1) is 12.3 Å². The fraction of sp³-hybridized carbons (Fsp3) is 0.375. The molecule has 2 N–H and O–H groups in total. The molecule has 1 aromatic heterocycles. The first kappa shape index (κ1) is 10.8. The number of aromatic nitrogens is 1. The molecule has 0 radical (unpaired) electrons. The van der Waals surface area contributed by atoms with Crippen LogP contribution < -0.4 is 10.5 Å². The van der Waals surface area contributed by atoms with E-state index >= 15 is 0 Å². The van der Waals surface area contributed by atoms with Crippen LogP contribution in [0.3, 0.4) is 0 Å². The smallest absolute Gasteiger partial charge is 0.214 e. The van der Waals surface area contributed by atoms with E-state index in [0.717, 1.165) is 6.26 Å². The van der Waals surface area contributed by atoms with Crippen molar-refractivity contribution in [2.75, 3.05) is 18.6 Å². The first-order valence-electron chi connectivity index (χ1n) is 4.04. The van der Waals surface area contributed by atoms with Gasteiger partial charge < -0.3 is 10.5 Å². The average molecular weight is 216 g/mol. The fourth-order valence-corrected chi connectivity index (χ4v) is 1.71. The summed E-state index contributed by atoms with van der Waals surface area (Å²) in [6.45, 7) is 2.22. The molecule has 0 saturated heterocycles. The Kier molecular flexibility index (Phi) is 2.95. The van der Waals surface area contributed by atoms with Gasteiger partial charge in [0.25, 0.3) is 0 Å². The Balaban J connectivity index is 3.22. The van der Waals surface area contributed by atoms with Gasteiger partial charge >= 0.3 is 0 Å². The normalized spacial score (nSPS) is 11.3. The van der Waals surface area contributed by atoms with Crippen LogP contribution in [0.1, 0.15) is 6.92 Å². The van der Waals surface area contributed by atoms with Crippen molar-refractivity contribution < 1.29 is 13.2 Å². The predicted octanol–water partition coefficient (Wildman–Crippen LogP) is 0.466. The van der Waals surface area contributed by atoms with E-state index in [1.165, 1.54) is 12.1 Å². The number of nitrogens with zero attached hydrogens (tertiary/aromatic N) is 1. The zero-order valence-electron chi connectivity index (χ0n) is 8.02. The Morgan fingerprint density at radius 1 is 1.50 bits per heavy atom. The molecular weight excluding hydrogens is 204 g/mol. The Morgan fingerprint density at radius 2 is 2.14 bits per heavy atom. The van der Waals surface area contributed by atoms with Gasteiger partial charge in [0, 0.05) is 12.3 Å². The average Bonchev–Trinajstić information content (AvgIpc) is 2.07. The molecular formula is C8H12N2O3S. The number of ether oxygens (including phenoxy) is 1. The molecule has 1 heterocycles. The number of nitrogens with two attached hydrogens (primary N) is 1. The lowest BCUT2D eigenvalue weighted by Gasteiger charge is -2.05. The van der Waals surface area contributed by atoms with E-state index in [1.807, 2.05) is 0 Å². The molecule has 5 nitrogen and oxygen atoms in total. The maximum absolute atomic E-state index is 11.2. The molecule has 6 heteroatoms. The summed E-state index contributed by atoms with van der Waals surface area (Å²) in [6, 6.07) is 3.00. The van der Waals surface area contributed by atoms with Gasteiger partial charge in [-0.05, 0) is 13.0 Å². The van der Waals surface area contributed by atoms with Gasteiger partial charge in [0.2, 0.25) is 5.88 Å². The van der Waals surface area contributed by atoms with Gasteiger partial charge in [-0.25, -0.2) is 8.42 Å². The molecule has 0 unspecified atom stereocenters. The van der Waals surface area contributed by atoms with Crippen LogP contribution in [0.25, 0.3) is 0 Å². The molecule has 0 spiro atoms. The molecule has 0 saturated carbocycles. The molecule has 1 rings (SSSR count). The number of sulfone groups is 1. The number of pyridine rings is 1. The molecule has 0 aliphatic carbocycles. The molecule has 0 amide bonds. The van der Waals surface area contributed by atoms with Crippen LogP contribution in [0.5, 0.6) is 5.88 Å². The van der Waals surface area contributed by atoms with Gasteiger partial charge in [-0.1, -0.05) is 0 Å². The third-order valence-electron chi connectivity index (χ3n) is 1.51. The van der Waals surface area contributed by atoms with E-state index in [4.69, 9.17) is 10.5 Å². The second-order valence-electron chi connectivity index (χ2n) is 2.75. The highest BCUT2D eigenvalue weighted by molar-refractivity contribution is 7.90. The maximum Gasteiger partial charge on any atom is 0.214 e. The lowest BCUT2D eigenvalue weighted by Crippen LogP contribution is -2.06. The number of hydrogen-bond acceptors (Lipinski definition) is 5. The molecule has 78 valence electrons. The number of nitrogen functional groups attached to an aromatic ring is 1. The predicted molar refractivity (Wildman–Crippen MR) is 52.9 cm³/mol. The minimum absolute atomic E-state index is 0.135. The zero-order chi connectivity index (χ0) is 10.8. The minimum atomic E-state index is -3.39. The monoisotopic (exact) mass is 216 g/mol. The highest BCUT2D eigenvalue weighted by Gasteiger charge is 2.14. The van der Waals surface area contributed by atoms with Crippen LogP contribution in [0.2, 0.25) is 0 Å². The third kappa shape index (κ3) is 2.35. The second-order valence-corrected chi connectivity index (χ2v) is 4.68. The van der Waals surface area contributed by atoms with E-state index in [2.05, 4.69) is 4.98 Å². The highest BCUT2D eigenvalue weighted by Crippen LogP contribution is 2.19. The summed E-state index contributed by atoms with van der Waals surface area (Å²) >= 11 is 0. The molecule has 1 aromatic rings. The first-order valence-corrected chi connectivity index (χ1v) is 5.93. The molecule has 0 atom stereocenters. The molecule has 14 heavy (non-hydrogen) atoms. The van der Waals surface area contributed by atoms with Crippen molar-refractivity contribution in [1.82, 2.24) is 4.98 Å². The van der Waals surface area contributed by atoms with Crippen LogP contribution in [0.4, 0.5) is 5.69 Å². The van der Waals surface area contributed by atoms with E-state index < -0.39 is 9.84 Å². The summed E-state index contributed by atoms with van der Waals surface area (Å²) in [6.07, 6.45) is 1.06. The van der Waals surface area contributed by atoms with E-state index in [9.17, 15) is 8.42 Å². The van der Waals surface area contributed by atoms with Crippen molar-refractivity contribution in [1.29, 1.82) is 0 Å². The number of hydrogen-bond donors (Lipinski definition) is 1. The summed E-state index contributed by atoms with van der Waals surface area (Å²) in [4.78, 5) is 3.80. The van der Waals surface area contributed by atoms with Gasteiger partial charge in [0.1, 0.15) is 0 Å². The Bertz CT molecular complexity index is 428. The summed E-state index contributed by atoms with van der Waals surface area (Å²) in [5.74, 6) is 0.266. The third-order valence-corrected chi connectivity index (χ3v) is 2.54. The van der Waals surface area contributed by atoms with Crippen molar-refractivity contribution >= 4 is 15.5 Å². The maximum atomic E-state index is 11.2. The molecule has 0 bridgehead atoms. The van der Waals surface area contributed by atoms with E-state index in [-0.39, 0.29) is 16.6 Å². The van der Waals surface area contributed by atoms with Crippen molar-refractivity contribution in [3.8, 4) is 5.88 Å². The number of anilines is 1. The number of rotatable bonds is 3. The van der Waals surface area contributed by atoms with E-state index in [1.54, 1.807) is 6.92 Å². The SMILES string of the molecule is CCOc1ccc(N)c(S(C)(=O)=O)n1. The van der Waals surface area contributed by atoms with Gasteiger partial charge in [-0.2, -0.15) is 4.98 Å². The molecule has 0 aromatic carbocycles.